The second-order valence-corrected chi connectivity index (χ2v) is 5.25. The van der Waals surface area contributed by atoms with Gasteiger partial charge in [0.05, 0.1) is 5.56 Å². The van der Waals surface area contributed by atoms with Crippen LogP contribution in [0.25, 0.3) is 0 Å². The number of carbonyl (C=O) groups is 2. The molecule has 1 N–H and O–H groups in total. The van der Waals surface area contributed by atoms with E-state index in [1.165, 1.54) is 12.6 Å². The number of hydrogen-bond acceptors (Lipinski definition) is 4. The molecule has 1 fully saturated rings. The van der Waals surface area contributed by atoms with E-state index < -0.39 is 5.97 Å². The summed E-state index contributed by atoms with van der Waals surface area (Å²) in [7, 11) is 0. The number of carbonyl (C=O) groups excluding carboxylic acids is 2. The van der Waals surface area contributed by atoms with Crippen LogP contribution in [-0.2, 0) is 9.53 Å². The third-order valence-electron chi connectivity index (χ3n) is 3.69. The van der Waals surface area contributed by atoms with Gasteiger partial charge in [0, 0.05) is 18.4 Å². The van der Waals surface area contributed by atoms with E-state index in [0.717, 1.165) is 19.3 Å². The van der Waals surface area contributed by atoms with Gasteiger partial charge in [-0.3, -0.25) is 9.78 Å². The van der Waals surface area contributed by atoms with Gasteiger partial charge in [-0.05, 0) is 30.9 Å². The summed E-state index contributed by atoms with van der Waals surface area (Å²) in [4.78, 5) is 27.3. The van der Waals surface area contributed by atoms with E-state index in [1.54, 1.807) is 18.3 Å². The molecule has 0 bridgehead atoms. The van der Waals surface area contributed by atoms with Crippen LogP contribution in [0.3, 0.4) is 0 Å². The number of nitrogens with zero attached hydrogens (tertiary/aromatic N) is 1. The summed E-state index contributed by atoms with van der Waals surface area (Å²) in [6.45, 7) is 1.91. The van der Waals surface area contributed by atoms with Crippen LogP contribution in [0.1, 0.15) is 43.0 Å². The Kier molecular flexibility index (Phi) is 5.09. The van der Waals surface area contributed by atoms with Crippen molar-refractivity contribution in [3.05, 3.63) is 30.1 Å². The van der Waals surface area contributed by atoms with Gasteiger partial charge in [0.2, 0.25) is 0 Å². The summed E-state index contributed by atoms with van der Waals surface area (Å²) in [6, 6.07) is 3.46. The van der Waals surface area contributed by atoms with Crippen LogP contribution >= 0.6 is 0 Å². The van der Waals surface area contributed by atoms with E-state index in [1.807, 2.05) is 0 Å². The molecule has 1 heterocycles. The fourth-order valence-electron chi connectivity index (χ4n) is 2.48. The number of rotatable bonds is 4. The Morgan fingerprint density at radius 2 is 2.20 bits per heavy atom. The van der Waals surface area contributed by atoms with Gasteiger partial charge in [0.1, 0.15) is 0 Å². The fraction of sp³-hybridized carbons (Fsp3) is 0.533. The highest BCUT2D eigenvalue weighted by Crippen LogP contribution is 2.23. The van der Waals surface area contributed by atoms with Gasteiger partial charge >= 0.3 is 5.97 Å². The lowest BCUT2D eigenvalue weighted by atomic mass is 9.86. The van der Waals surface area contributed by atoms with Crippen LogP contribution in [0.4, 0.5) is 0 Å². The molecule has 1 aliphatic carbocycles. The van der Waals surface area contributed by atoms with Gasteiger partial charge in [0.25, 0.3) is 5.91 Å². The number of esters is 1. The highest BCUT2D eigenvalue weighted by Gasteiger charge is 2.23. The monoisotopic (exact) mass is 276 g/mol. The second-order valence-electron chi connectivity index (χ2n) is 5.25. The highest BCUT2D eigenvalue weighted by molar-refractivity contribution is 5.90. The number of pyridine rings is 1. The molecular formula is C15H20N2O3. The van der Waals surface area contributed by atoms with Crippen molar-refractivity contribution in [1.82, 2.24) is 10.3 Å². The van der Waals surface area contributed by atoms with Crippen LogP contribution in [0.5, 0.6) is 0 Å². The lowest BCUT2D eigenvalue weighted by Gasteiger charge is -2.29. The molecule has 1 aromatic rings. The fourth-order valence-corrected chi connectivity index (χ4v) is 2.48. The Labute approximate surface area is 118 Å². The molecule has 1 amide bonds. The van der Waals surface area contributed by atoms with Crippen LogP contribution < -0.4 is 5.32 Å². The van der Waals surface area contributed by atoms with Crippen molar-refractivity contribution in [3.8, 4) is 0 Å². The Hall–Kier alpha value is -1.91. The van der Waals surface area contributed by atoms with Crippen LogP contribution in [0, 0.1) is 5.92 Å². The SMILES string of the molecule is C[C@@H]1CCCC[C@@H]1NC(=O)COC(=O)c1cccnc1. The molecule has 0 spiro atoms. The van der Waals surface area contributed by atoms with E-state index in [9.17, 15) is 9.59 Å². The first kappa shape index (κ1) is 14.5. The van der Waals surface area contributed by atoms with E-state index in [-0.39, 0.29) is 18.6 Å². The Balaban J connectivity index is 1.76. The van der Waals surface area contributed by atoms with Gasteiger partial charge in [-0.1, -0.05) is 19.8 Å². The zero-order valence-corrected chi connectivity index (χ0v) is 11.7. The number of amides is 1. The average Bonchev–Trinajstić information content (AvgIpc) is 2.48. The van der Waals surface area contributed by atoms with Gasteiger partial charge in [0.15, 0.2) is 6.61 Å². The number of hydrogen-bond donors (Lipinski definition) is 1. The highest BCUT2D eigenvalue weighted by atomic mass is 16.5. The van der Waals surface area contributed by atoms with Crippen molar-refractivity contribution < 1.29 is 14.3 Å². The van der Waals surface area contributed by atoms with Crippen molar-refractivity contribution in [2.24, 2.45) is 5.92 Å². The third kappa shape index (κ3) is 4.05. The third-order valence-corrected chi connectivity index (χ3v) is 3.69. The molecule has 2 rings (SSSR count). The zero-order valence-electron chi connectivity index (χ0n) is 11.7. The minimum Gasteiger partial charge on any atom is -0.452 e. The summed E-state index contributed by atoms with van der Waals surface area (Å²) >= 11 is 0. The lowest BCUT2D eigenvalue weighted by molar-refractivity contribution is -0.125. The maximum absolute atomic E-state index is 11.8. The molecule has 2 atom stereocenters. The van der Waals surface area contributed by atoms with Crippen LogP contribution in [0.2, 0.25) is 0 Å². The summed E-state index contributed by atoms with van der Waals surface area (Å²) < 4.78 is 4.98. The molecule has 0 unspecified atom stereocenters. The molecule has 20 heavy (non-hydrogen) atoms. The van der Waals surface area contributed by atoms with Gasteiger partial charge in [-0.15, -0.1) is 0 Å². The molecule has 0 aromatic carbocycles. The van der Waals surface area contributed by atoms with E-state index in [4.69, 9.17) is 4.74 Å². The summed E-state index contributed by atoms with van der Waals surface area (Å²) in [5.41, 5.74) is 0.353. The van der Waals surface area contributed by atoms with Crippen molar-refractivity contribution in [1.29, 1.82) is 0 Å². The Bertz CT molecular complexity index is 461. The molecule has 1 aromatic heterocycles. The molecular weight excluding hydrogens is 256 g/mol. The molecule has 0 aliphatic heterocycles. The molecule has 1 saturated carbocycles. The first-order chi connectivity index (χ1) is 9.66. The van der Waals surface area contributed by atoms with Crippen LogP contribution in [0.15, 0.2) is 24.5 Å². The van der Waals surface area contributed by atoms with Crippen molar-refractivity contribution in [2.75, 3.05) is 6.61 Å². The van der Waals surface area contributed by atoms with Crippen LogP contribution in [-0.4, -0.2) is 29.5 Å². The van der Waals surface area contributed by atoms with Gasteiger partial charge < -0.3 is 10.1 Å². The summed E-state index contributed by atoms with van der Waals surface area (Å²) in [5.74, 6) is -0.271. The number of nitrogens with one attached hydrogen (secondary N) is 1. The molecule has 108 valence electrons. The Morgan fingerprint density at radius 1 is 1.40 bits per heavy atom. The van der Waals surface area contributed by atoms with E-state index in [0.29, 0.717) is 11.5 Å². The maximum atomic E-state index is 11.8. The van der Waals surface area contributed by atoms with E-state index >= 15 is 0 Å². The van der Waals surface area contributed by atoms with Crippen molar-refractivity contribution in [2.45, 2.75) is 38.6 Å². The van der Waals surface area contributed by atoms with Crippen molar-refractivity contribution >= 4 is 11.9 Å². The molecule has 5 nitrogen and oxygen atoms in total. The predicted molar refractivity (Wildman–Crippen MR) is 74.1 cm³/mol. The molecule has 0 radical (unpaired) electrons. The van der Waals surface area contributed by atoms with Gasteiger partial charge in [-0.2, -0.15) is 0 Å². The number of ether oxygens (including phenoxy) is 1. The normalized spacial score (nSPS) is 22.1. The molecule has 1 aliphatic rings. The minimum absolute atomic E-state index is 0.202. The molecule has 5 heteroatoms. The summed E-state index contributed by atoms with van der Waals surface area (Å²) in [6.07, 6.45) is 7.51. The largest absolute Gasteiger partial charge is 0.452 e. The predicted octanol–water partition coefficient (Wildman–Crippen LogP) is 1.93. The first-order valence-corrected chi connectivity index (χ1v) is 7.03. The Morgan fingerprint density at radius 3 is 2.90 bits per heavy atom. The lowest BCUT2D eigenvalue weighted by Crippen LogP contribution is -2.42. The van der Waals surface area contributed by atoms with Crippen molar-refractivity contribution in [3.63, 3.8) is 0 Å². The second kappa shape index (κ2) is 7.03. The number of aromatic nitrogens is 1. The minimum atomic E-state index is -0.523. The molecule has 0 saturated heterocycles. The summed E-state index contributed by atoms with van der Waals surface area (Å²) in [5, 5.41) is 2.94. The first-order valence-electron chi connectivity index (χ1n) is 7.03. The van der Waals surface area contributed by atoms with Gasteiger partial charge in [-0.25, -0.2) is 4.79 Å². The van der Waals surface area contributed by atoms with E-state index in [2.05, 4.69) is 17.2 Å². The quantitative estimate of drug-likeness (QED) is 0.853. The smallest absolute Gasteiger partial charge is 0.340 e. The maximum Gasteiger partial charge on any atom is 0.340 e. The topological polar surface area (TPSA) is 68.3 Å². The zero-order chi connectivity index (χ0) is 14.4. The average molecular weight is 276 g/mol. The standard InChI is InChI=1S/C15H20N2O3/c1-11-5-2-3-7-13(11)17-14(18)10-20-15(19)12-6-4-8-16-9-12/h4,6,8-9,11,13H,2-3,5,7,10H2,1H3,(H,17,18)/t11-,13+/m1/s1.